The Hall–Kier alpha value is -0.380. The summed E-state index contributed by atoms with van der Waals surface area (Å²) >= 11 is 1.41. The van der Waals surface area contributed by atoms with Crippen molar-refractivity contribution in [3.05, 3.63) is 0 Å². The summed E-state index contributed by atoms with van der Waals surface area (Å²) in [5.74, 6) is 0.560. The van der Waals surface area contributed by atoms with Crippen LogP contribution in [0.5, 0.6) is 0 Å². The van der Waals surface area contributed by atoms with Crippen molar-refractivity contribution in [1.82, 2.24) is 10.6 Å². The number of carbonyl (C=O) groups excluding carboxylic acids is 1. The van der Waals surface area contributed by atoms with E-state index in [1.165, 1.54) is 18.2 Å². The van der Waals surface area contributed by atoms with Gasteiger partial charge in [0.15, 0.2) is 0 Å². The summed E-state index contributed by atoms with van der Waals surface area (Å²) in [7, 11) is 0. The summed E-state index contributed by atoms with van der Waals surface area (Å²) in [5.41, 5.74) is -0.655. The Balaban J connectivity index is 2.07. The minimum absolute atomic E-state index is 0.0145. The van der Waals surface area contributed by atoms with E-state index in [0.29, 0.717) is 5.92 Å². The van der Waals surface area contributed by atoms with Crippen LogP contribution in [0.25, 0.3) is 0 Å². The molecule has 2 saturated heterocycles. The van der Waals surface area contributed by atoms with E-state index in [9.17, 15) is 20.1 Å². The van der Waals surface area contributed by atoms with Crippen LogP contribution in [-0.4, -0.2) is 75.0 Å². The molecular formula is C22H42N2O5S. The molecule has 0 aromatic rings. The topological polar surface area (TPSA) is 111 Å². The van der Waals surface area contributed by atoms with Gasteiger partial charge in [0, 0.05) is 5.25 Å². The molecule has 2 aliphatic rings. The second kappa shape index (κ2) is 12.0. The lowest BCUT2D eigenvalue weighted by atomic mass is 9.88. The van der Waals surface area contributed by atoms with Gasteiger partial charge >= 0.3 is 0 Å². The van der Waals surface area contributed by atoms with Crippen molar-refractivity contribution in [2.45, 2.75) is 114 Å². The molecule has 0 bridgehead atoms. The number of hydrogen-bond acceptors (Lipinski definition) is 7. The zero-order chi connectivity index (χ0) is 22.4. The summed E-state index contributed by atoms with van der Waals surface area (Å²) in [6.45, 7) is 10.9. The van der Waals surface area contributed by atoms with Gasteiger partial charge in [-0.25, -0.2) is 0 Å². The average Bonchev–Trinajstić information content (AvgIpc) is 2.92. The number of thioether (sulfide) groups is 1. The molecule has 2 fully saturated rings. The van der Waals surface area contributed by atoms with Crippen LogP contribution in [0.3, 0.4) is 0 Å². The van der Waals surface area contributed by atoms with Crippen molar-refractivity contribution in [1.29, 1.82) is 0 Å². The second-order valence-corrected chi connectivity index (χ2v) is 11.1. The van der Waals surface area contributed by atoms with Gasteiger partial charge in [-0.05, 0) is 37.6 Å². The first-order valence-electron chi connectivity index (χ1n) is 11.5. The quantitative estimate of drug-likeness (QED) is 0.385. The monoisotopic (exact) mass is 446 g/mol. The molecule has 8 atom stereocenters. The van der Waals surface area contributed by atoms with Crippen LogP contribution in [0.15, 0.2) is 0 Å². The average molecular weight is 447 g/mol. The zero-order valence-electron chi connectivity index (χ0n) is 19.1. The largest absolute Gasteiger partial charge is 0.388 e. The van der Waals surface area contributed by atoms with Gasteiger partial charge in [-0.1, -0.05) is 47.5 Å². The fourth-order valence-corrected chi connectivity index (χ4v) is 5.53. The van der Waals surface area contributed by atoms with Crippen molar-refractivity contribution in [2.24, 2.45) is 11.8 Å². The molecule has 0 aromatic carbocycles. The van der Waals surface area contributed by atoms with Gasteiger partial charge in [0.2, 0.25) is 5.91 Å². The fourth-order valence-electron chi connectivity index (χ4n) is 4.48. The predicted molar refractivity (Wildman–Crippen MR) is 120 cm³/mol. The molecule has 2 rings (SSSR count). The minimum atomic E-state index is -1.32. The smallest absolute Gasteiger partial charge is 0.237 e. The minimum Gasteiger partial charge on any atom is -0.388 e. The van der Waals surface area contributed by atoms with E-state index in [1.807, 2.05) is 27.7 Å². The third kappa shape index (κ3) is 6.81. The molecule has 5 N–H and O–H groups in total. The fraction of sp³-hybridized carbons (Fsp3) is 0.955. The molecule has 0 aliphatic carbocycles. The molecule has 30 heavy (non-hydrogen) atoms. The van der Waals surface area contributed by atoms with E-state index >= 15 is 0 Å². The Morgan fingerprint density at radius 2 is 1.80 bits per heavy atom. The van der Waals surface area contributed by atoms with E-state index in [1.54, 1.807) is 0 Å². The first-order valence-corrected chi connectivity index (χ1v) is 12.5. The van der Waals surface area contributed by atoms with E-state index in [4.69, 9.17) is 4.74 Å². The maximum Gasteiger partial charge on any atom is 0.237 e. The zero-order valence-corrected chi connectivity index (χ0v) is 19.9. The summed E-state index contributed by atoms with van der Waals surface area (Å²) < 4.78 is 6.05. The maximum absolute atomic E-state index is 13.1. The molecule has 2 aliphatic heterocycles. The third-order valence-corrected chi connectivity index (χ3v) is 7.42. The highest BCUT2D eigenvalue weighted by atomic mass is 32.2. The molecule has 3 unspecified atom stereocenters. The van der Waals surface area contributed by atoms with Crippen LogP contribution in [-0.2, 0) is 9.53 Å². The normalized spacial score (nSPS) is 36.5. The van der Waals surface area contributed by atoms with Crippen molar-refractivity contribution >= 4 is 17.7 Å². The first-order chi connectivity index (χ1) is 14.1. The number of rotatable bonds is 8. The summed E-state index contributed by atoms with van der Waals surface area (Å²) in [6, 6.07) is -0.730. The highest BCUT2D eigenvalue weighted by Gasteiger charge is 2.48. The number of carbonyl (C=O) groups is 1. The number of hydrogen-bond donors (Lipinski definition) is 5. The summed E-state index contributed by atoms with van der Waals surface area (Å²) in [4.78, 5) is 13.1. The molecule has 176 valence electrons. The van der Waals surface area contributed by atoms with Gasteiger partial charge in [-0.3, -0.25) is 4.79 Å². The summed E-state index contributed by atoms with van der Waals surface area (Å²) in [5, 5.41) is 38.0. The molecule has 0 spiro atoms. The Kier molecular flexibility index (Phi) is 10.4. The lowest BCUT2D eigenvalue weighted by Crippen LogP contribution is -2.64. The highest BCUT2D eigenvalue weighted by Crippen LogP contribution is 2.33. The van der Waals surface area contributed by atoms with E-state index in [0.717, 1.165) is 32.2 Å². The van der Waals surface area contributed by atoms with Crippen LogP contribution in [0.2, 0.25) is 0 Å². The predicted octanol–water partition coefficient (Wildman–Crippen LogP) is 1.63. The Morgan fingerprint density at radius 1 is 1.10 bits per heavy atom. The lowest BCUT2D eigenvalue weighted by molar-refractivity contribution is -0.208. The molecular weight excluding hydrogens is 404 g/mol. The lowest BCUT2D eigenvalue weighted by Gasteiger charge is -2.45. The maximum atomic E-state index is 13.1. The van der Waals surface area contributed by atoms with Gasteiger partial charge < -0.3 is 30.7 Å². The third-order valence-electron chi connectivity index (χ3n) is 6.21. The highest BCUT2D eigenvalue weighted by molar-refractivity contribution is 8.00. The van der Waals surface area contributed by atoms with Crippen LogP contribution in [0.1, 0.15) is 66.7 Å². The number of aliphatic hydroxyl groups is 3. The van der Waals surface area contributed by atoms with Crippen molar-refractivity contribution in [2.75, 3.05) is 6.54 Å². The van der Waals surface area contributed by atoms with Crippen LogP contribution in [0.4, 0.5) is 0 Å². The number of nitrogens with one attached hydrogen (secondary N) is 2. The Morgan fingerprint density at radius 3 is 2.40 bits per heavy atom. The van der Waals surface area contributed by atoms with Crippen molar-refractivity contribution in [3.8, 4) is 0 Å². The molecule has 0 saturated carbocycles. The Bertz CT molecular complexity index is 536. The van der Waals surface area contributed by atoms with Gasteiger partial charge in [0.05, 0.1) is 12.1 Å². The SMILES string of the molecule is CCCC1CCNC(C(=O)NC(C(C)C)[C@H]2O[C@H](SC(C)C)[C@H](O)[C@@H](O)[C@H]2O)CC1. The molecule has 1 amide bonds. The molecule has 0 radical (unpaired) electrons. The van der Waals surface area contributed by atoms with Crippen LogP contribution >= 0.6 is 11.8 Å². The van der Waals surface area contributed by atoms with Gasteiger partial charge in [-0.2, -0.15) is 0 Å². The van der Waals surface area contributed by atoms with Crippen molar-refractivity contribution < 1.29 is 24.9 Å². The second-order valence-electron chi connectivity index (χ2n) is 9.43. The standard InChI is InChI=1S/C22H42N2O5S/c1-6-7-14-8-9-15(23-11-10-14)21(28)24-16(12(2)3)20-18(26)17(25)19(27)22(29-20)30-13(4)5/h12-20,22-23,25-27H,6-11H2,1-5H3,(H,24,28)/t14?,15?,16?,17-,18+,19+,20+,22+/m0/s1. The number of aliphatic hydroxyl groups excluding tert-OH is 3. The Labute approximate surface area is 185 Å². The van der Waals surface area contributed by atoms with E-state index in [-0.39, 0.29) is 23.1 Å². The number of amides is 1. The molecule has 7 nitrogen and oxygen atoms in total. The first kappa shape index (κ1) is 25.9. The molecule has 8 heteroatoms. The van der Waals surface area contributed by atoms with Gasteiger partial charge in [-0.15, -0.1) is 11.8 Å². The number of ether oxygens (including phenoxy) is 1. The van der Waals surface area contributed by atoms with E-state index in [2.05, 4.69) is 17.6 Å². The summed E-state index contributed by atoms with van der Waals surface area (Å²) in [6.07, 6.45) is 0.729. The van der Waals surface area contributed by atoms with E-state index < -0.39 is 35.9 Å². The van der Waals surface area contributed by atoms with Crippen molar-refractivity contribution in [3.63, 3.8) is 0 Å². The van der Waals surface area contributed by atoms with Crippen LogP contribution < -0.4 is 10.6 Å². The molecule has 0 aromatic heterocycles. The van der Waals surface area contributed by atoms with Gasteiger partial charge in [0.25, 0.3) is 0 Å². The molecule has 2 heterocycles. The van der Waals surface area contributed by atoms with Crippen LogP contribution in [0, 0.1) is 11.8 Å². The van der Waals surface area contributed by atoms with Gasteiger partial charge in [0.1, 0.15) is 29.9 Å².